The van der Waals surface area contributed by atoms with Gasteiger partial charge < -0.3 is 10.1 Å². The fourth-order valence-electron chi connectivity index (χ4n) is 3.86. The molecule has 0 aromatic carbocycles. The Balaban J connectivity index is 1.34. The molecule has 1 aliphatic rings. The summed E-state index contributed by atoms with van der Waals surface area (Å²) >= 11 is 2.72. The fourth-order valence-corrected chi connectivity index (χ4v) is 5.71. The lowest BCUT2D eigenvalue weighted by Crippen LogP contribution is -2.28. The number of aryl methyl sites for hydroxylation is 4. The monoisotopic (exact) mass is 539 g/mol. The first kappa shape index (κ1) is 26.1. The summed E-state index contributed by atoms with van der Waals surface area (Å²) in [7, 11) is 0. The van der Waals surface area contributed by atoms with E-state index in [1.807, 2.05) is 0 Å². The molecule has 0 fully saturated rings. The third-order valence-electron chi connectivity index (χ3n) is 5.60. The lowest BCUT2D eigenvalue weighted by Gasteiger charge is -2.17. The molecule has 0 amide bonds. The summed E-state index contributed by atoms with van der Waals surface area (Å²) in [5.41, 5.74) is 2.26. The van der Waals surface area contributed by atoms with Crippen molar-refractivity contribution in [2.24, 2.45) is 0 Å². The summed E-state index contributed by atoms with van der Waals surface area (Å²) in [4.78, 5) is 32.6. The second kappa shape index (κ2) is 11.4. The molecular weight excluding hydrogens is 515 g/mol. The Hall–Kier alpha value is -2.93. The number of esters is 2. The smallest absolute Gasteiger partial charge is 0.386 e. The van der Waals surface area contributed by atoms with Crippen molar-refractivity contribution in [1.82, 2.24) is 20.2 Å². The number of nitrogens with one attached hydrogen (secondary N) is 1. The molecule has 0 saturated heterocycles. The number of hydrogen-bond donors (Lipinski definition) is 1. The molecule has 1 N–H and O–H groups in total. The van der Waals surface area contributed by atoms with Crippen LogP contribution >= 0.6 is 22.7 Å². The summed E-state index contributed by atoms with van der Waals surface area (Å²) in [6.07, 6.45) is 0.706. The molecule has 192 valence electrons. The molecule has 0 saturated carbocycles. The maximum atomic E-state index is 12.4. The number of carbonyl (C=O) groups is 2. The Morgan fingerprint density at radius 2 is 1.97 bits per heavy atom. The van der Waals surface area contributed by atoms with Gasteiger partial charge in [0.1, 0.15) is 15.8 Å². The van der Waals surface area contributed by atoms with Crippen LogP contribution < -0.4 is 5.32 Å². The van der Waals surface area contributed by atoms with Crippen LogP contribution in [0.25, 0.3) is 0 Å². The summed E-state index contributed by atoms with van der Waals surface area (Å²) in [5.74, 6) is -3.33. The Labute approximate surface area is 213 Å². The molecule has 0 bridgehead atoms. The van der Waals surface area contributed by atoms with Gasteiger partial charge in [0.15, 0.2) is 0 Å². The number of anilines is 1. The first-order valence-corrected chi connectivity index (χ1v) is 13.1. The van der Waals surface area contributed by atoms with Crippen molar-refractivity contribution in [3.8, 4) is 0 Å². The minimum Gasteiger partial charge on any atom is -0.386 e. The van der Waals surface area contributed by atoms with Gasteiger partial charge in [0.05, 0.1) is 11.4 Å². The SMILES string of the molecule is Cc1ncc(C(CC(=O)OC(=O)C(F)(F)F)Cc2nnc(CCCc3ccc4c(n3)NCCC4)s2)s1. The molecule has 36 heavy (non-hydrogen) atoms. The fraction of sp³-hybridized carbons (Fsp3) is 0.478. The van der Waals surface area contributed by atoms with Crippen molar-refractivity contribution in [3.63, 3.8) is 0 Å². The number of fused-ring (bicyclic) bond motifs is 1. The molecule has 0 spiro atoms. The van der Waals surface area contributed by atoms with Crippen LogP contribution in [0.1, 0.15) is 56.3 Å². The number of ether oxygens (including phenoxy) is 1. The number of rotatable bonds is 9. The second-order valence-corrected chi connectivity index (χ2v) is 10.8. The Kier molecular flexibility index (Phi) is 8.29. The standard InChI is InChI=1S/C23H24F3N5O3S2/c1-13-28-12-17(35-13)15(11-20(32)34-22(33)23(24,25)26)10-19-31-30-18(36-19)6-2-5-16-8-7-14-4-3-9-27-21(14)29-16/h7-8,12,15H,2-6,9-11H2,1H3,(H,27,29). The lowest BCUT2D eigenvalue weighted by atomic mass is 10.0. The molecule has 4 rings (SSSR count). The molecule has 0 radical (unpaired) electrons. The van der Waals surface area contributed by atoms with Crippen molar-refractivity contribution >= 4 is 40.4 Å². The van der Waals surface area contributed by atoms with Crippen LogP contribution in [0.15, 0.2) is 18.3 Å². The van der Waals surface area contributed by atoms with Crippen LogP contribution in [-0.2, 0) is 40.0 Å². The van der Waals surface area contributed by atoms with Gasteiger partial charge in [-0.15, -0.1) is 32.9 Å². The molecule has 3 aromatic heterocycles. The van der Waals surface area contributed by atoms with E-state index in [4.69, 9.17) is 4.98 Å². The average Bonchev–Trinajstić information content (AvgIpc) is 3.46. The molecule has 3 aromatic rings. The number of aromatic nitrogens is 4. The van der Waals surface area contributed by atoms with E-state index in [9.17, 15) is 22.8 Å². The van der Waals surface area contributed by atoms with Gasteiger partial charge in [-0.25, -0.2) is 14.8 Å². The van der Waals surface area contributed by atoms with E-state index < -0.39 is 30.5 Å². The quantitative estimate of drug-likeness (QED) is 0.311. The minimum atomic E-state index is -5.23. The second-order valence-electron chi connectivity index (χ2n) is 8.43. The number of pyridine rings is 1. The van der Waals surface area contributed by atoms with Gasteiger partial charge in [0, 0.05) is 42.1 Å². The van der Waals surface area contributed by atoms with Crippen molar-refractivity contribution in [2.45, 2.75) is 64.0 Å². The number of thiazole rings is 1. The number of hydrogen-bond acceptors (Lipinski definition) is 10. The highest BCUT2D eigenvalue weighted by Crippen LogP contribution is 2.31. The largest absolute Gasteiger partial charge is 0.491 e. The van der Waals surface area contributed by atoms with Crippen LogP contribution in [-0.4, -0.2) is 44.8 Å². The molecule has 1 atom stereocenters. The summed E-state index contributed by atoms with van der Waals surface area (Å²) in [6.45, 7) is 2.72. The van der Waals surface area contributed by atoms with E-state index in [0.717, 1.165) is 53.8 Å². The third-order valence-corrected chi connectivity index (χ3v) is 7.68. The van der Waals surface area contributed by atoms with E-state index >= 15 is 0 Å². The van der Waals surface area contributed by atoms with Gasteiger partial charge in [-0.3, -0.25) is 4.79 Å². The van der Waals surface area contributed by atoms with Crippen LogP contribution in [0, 0.1) is 6.92 Å². The van der Waals surface area contributed by atoms with Gasteiger partial charge in [0.25, 0.3) is 0 Å². The molecule has 0 aliphatic carbocycles. The van der Waals surface area contributed by atoms with Gasteiger partial charge >= 0.3 is 18.1 Å². The normalized spacial score (nSPS) is 14.1. The predicted octanol–water partition coefficient (Wildman–Crippen LogP) is 4.58. The van der Waals surface area contributed by atoms with Crippen molar-refractivity contribution < 1.29 is 27.5 Å². The average molecular weight is 540 g/mol. The van der Waals surface area contributed by atoms with Crippen LogP contribution in [0.5, 0.6) is 0 Å². The molecule has 13 heteroatoms. The molecule has 8 nitrogen and oxygen atoms in total. The number of halogens is 3. The van der Waals surface area contributed by atoms with Crippen molar-refractivity contribution in [1.29, 1.82) is 0 Å². The molecule has 1 aliphatic heterocycles. The number of alkyl halides is 3. The summed E-state index contributed by atoms with van der Waals surface area (Å²) < 4.78 is 41.3. The predicted molar refractivity (Wildman–Crippen MR) is 128 cm³/mol. The van der Waals surface area contributed by atoms with Crippen molar-refractivity contribution in [3.05, 3.63) is 49.5 Å². The van der Waals surface area contributed by atoms with E-state index in [1.165, 1.54) is 28.2 Å². The van der Waals surface area contributed by atoms with E-state index in [1.54, 1.807) is 13.1 Å². The Morgan fingerprint density at radius 3 is 2.72 bits per heavy atom. The first-order chi connectivity index (χ1) is 17.2. The lowest BCUT2D eigenvalue weighted by molar-refractivity contribution is -0.201. The molecular formula is C23H24F3N5O3S2. The molecule has 4 heterocycles. The number of nitrogens with zero attached hydrogens (tertiary/aromatic N) is 4. The Bertz CT molecular complexity index is 1230. The van der Waals surface area contributed by atoms with Crippen LogP contribution in [0.2, 0.25) is 0 Å². The molecule has 1 unspecified atom stereocenters. The number of carbonyl (C=O) groups excluding carboxylic acids is 2. The first-order valence-electron chi connectivity index (χ1n) is 11.5. The summed E-state index contributed by atoms with van der Waals surface area (Å²) in [5, 5.41) is 14.0. The maximum Gasteiger partial charge on any atom is 0.491 e. The summed E-state index contributed by atoms with van der Waals surface area (Å²) in [6, 6.07) is 4.18. The zero-order valence-corrected chi connectivity index (χ0v) is 21.1. The van der Waals surface area contributed by atoms with Gasteiger partial charge in [-0.2, -0.15) is 13.2 Å². The highest BCUT2D eigenvalue weighted by atomic mass is 32.1. The highest BCUT2D eigenvalue weighted by molar-refractivity contribution is 7.12. The van der Waals surface area contributed by atoms with Crippen molar-refractivity contribution in [2.75, 3.05) is 11.9 Å². The maximum absolute atomic E-state index is 12.4. The van der Waals surface area contributed by atoms with E-state index in [2.05, 4.69) is 37.4 Å². The zero-order valence-electron chi connectivity index (χ0n) is 19.4. The van der Waals surface area contributed by atoms with E-state index in [-0.39, 0.29) is 6.42 Å². The topological polar surface area (TPSA) is 107 Å². The van der Waals surface area contributed by atoms with Gasteiger partial charge in [-0.1, -0.05) is 6.07 Å². The van der Waals surface area contributed by atoms with Crippen LogP contribution in [0.3, 0.4) is 0 Å². The zero-order chi connectivity index (χ0) is 25.7. The van der Waals surface area contributed by atoms with Gasteiger partial charge in [0.2, 0.25) is 0 Å². The highest BCUT2D eigenvalue weighted by Gasteiger charge is 2.42. The van der Waals surface area contributed by atoms with Gasteiger partial charge in [-0.05, 0) is 44.2 Å². The van der Waals surface area contributed by atoms with Crippen LogP contribution in [0.4, 0.5) is 19.0 Å². The van der Waals surface area contributed by atoms with E-state index in [0.29, 0.717) is 16.3 Å². The third kappa shape index (κ3) is 7.06. The minimum absolute atomic E-state index is 0.270. The Morgan fingerprint density at radius 1 is 1.17 bits per heavy atom.